The van der Waals surface area contributed by atoms with E-state index in [1.54, 1.807) is 0 Å². The van der Waals surface area contributed by atoms with E-state index >= 15 is 0 Å². The second kappa shape index (κ2) is 5.78. The molecule has 2 heterocycles. The lowest BCUT2D eigenvalue weighted by molar-refractivity contribution is -0.121. The van der Waals surface area contributed by atoms with Crippen molar-refractivity contribution in [1.29, 1.82) is 0 Å². The normalized spacial score (nSPS) is 19.6. The summed E-state index contributed by atoms with van der Waals surface area (Å²) >= 11 is 0. The Bertz CT molecular complexity index is 431. The van der Waals surface area contributed by atoms with Crippen molar-refractivity contribution in [3.8, 4) is 0 Å². The van der Waals surface area contributed by atoms with Crippen molar-refractivity contribution in [3.63, 3.8) is 0 Å². The Balaban J connectivity index is 1.81. The number of hydrogen-bond acceptors (Lipinski definition) is 3. The van der Waals surface area contributed by atoms with Crippen LogP contribution in [0.25, 0.3) is 0 Å². The summed E-state index contributed by atoms with van der Waals surface area (Å²) in [5, 5.41) is 6.36. The second-order valence-corrected chi connectivity index (χ2v) is 6.07. The zero-order valence-corrected chi connectivity index (χ0v) is 12.1. The summed E-state index contributed by atoms with van der Waals surface area (Å²) < 4.78 is 5.65. The van der Waals surface area contributed by atoms with Crippen molar-refractivity contribution in [1.82, 2.24) is 10.6 Å². The first-order valence-electron chi connectivity index (χ1n) is 7.04. The third-order valence-corrected chi connectivity index (χ3v) is 3.73. The van der Waals surface area contributed by atoms with Crippen LogP contribution in [0.15, 0.2) is 16.5 Å². The van der Waals surface area contributed by atoms with Gasteiger partial charge in [0.05, 0.1) is 0 Å². The quantitative estimate of drug-likeness (QED) is 0.856. The molecular formula is C15H24N2O2. The van der Waals surface area contributed by atoms with Crippen molar-refractivity contribution in [2.45, 2.75) is 51.5 Å². The van der Waals surface area contributed by atoms with Crippen LogP contribution in [0.3, 0.4) is 0 Å². The highest BCUT2D eigenvalue weighted by molar-refractivity contribution is 5.76. The maximum atomic E-state index is 11.9. The van der Waals surface area contributed by atoms with Crippen molar-refractivity contribution >= 4 is 5.91 Å². The molecule has 0 aromatic carbocycles. The van der Waals surface area contributed by atoms with Crippen LogP contribution in [0.1, 0.15) is 44.6 Å². The molecule has 0 spiro atoms. The lowest BCUT2D eigenvalue weighted by Gasteiger charge is -2.23. The Kier molecular flexibility index (Phi) is 4.30. The summed E-state index contributed by atoms with van der Waals surface area (Å²) in [6, 6.07) is 4.30. The Morgan fingerprint density at radius 3 is 2.89 bits per heavy atom. The zero-order chi connectivity index (χ0) is 13.9. The molecule has 2 N–H and O–H groups in total. The van der Waals surface area contributed by atoms with E-state index in [1.165, 1.54) is 6.42 Å². The van der Waals surface area contributed by atoms with Crippen LogP contribution in [-0.2, 0) is 10.2 Å². The summed E-state index contributed by atoms with van der Waals surface area (Å²) in [6.45, 7) is 7.74. The molecular weight excluding hydrogens is 240 g/mol. The number of carbonyl (C=O) groups excluding carboxylic acids is 1. The molecule has 19 heavy (non-hydrogen) atoms. The molecule has 1 amide bonds. The van der Waals surface area contributed by atoms with Gasteiger partial charge in [0.25, 0.3) is 0 Å². The average molecular weight is 264 g/mol. The van der Waals surface area contributed by atoms with Gasteiger partial charge in [-0.1, -0.05) is 13.8 Å². The van der Waals surface area contributed by atoms with Gasteiger partial charge in [0.2, 0.25) is 5.91 Å². The number of amides is 1. The summed E-state index contributed by atoms with van der Waals surface area (Å²) in [4.78, 5) is 11.9. The van der Waals surface area contributed by atoms with E-state index in [2.05, 4.69) is 24.5 Å². The molecule has 1 aliphatic rings. The average Bonchev–Trinajstić information content (AvgIpc) is 2.98. The van der Waals surface area contributed by atoms with Gasteiger partial charge < -0.3 is 15.1 Å². The van der Waals surface area contributed by atoms with Crippen molar-refractivity contribution < 1.29 is 9.21 Å². The molecule has 4 heteroatoms. The predicted molar refractivity (Wildman–Crippen MR) is 75.1 cm³/mol. The molecule has 2 rings (SSSR count). The van der Waals surface area contributed by atoms with Gasteiger partial charge in [-0.2, -0.15) is 0 Å². The van der Waals surface area contributed by atoms with Gasteiger partial charge in [0.1, 0.15) is 11.5 Å². The Labute approximate surface area is 114 Å². The number of furan rings is 1. The first-order valence-corrected chi connectivity index (χ1v) is 7.04. The van der Waals surface area contributed by atoms with Crippen molar-refractivity contribution in [2.24, 2.45) is 0 Å². The fraction of sp³-hybridized carbons (Fsp3) is 0.667. The second-order valence-electron chi connectivity index (χ2n) is 6.07. The van der Waals surface area contributed by atoms with Gasteiger partial charge >= 0.3 is 0 Å². The molecule has 1 fully saturated rings. The summed E-state index contributed by atoms with van der Waals surface area (Å²) in [5.74, 6) is 1.95. The highest BCUT2D eigenvalue weighted by Gasteiger charge is 2.25. The van der Waals surface area contributed by atoms with E-state index in [-0.39, 0.29) is 11.3 Å². The van der Waals surface area contributed by atoms with Crippen LogP contribution in [0.5, 0.6) is 0 Å². The van der Waals surface area contributed by atoms with E-state index in [0.717, 1.165) is 24.5 Å². The Morgan fingerprint density at radius 1 is 1.53 bits per heavy atom. The third kappa shape index (κ3) is 3.83. The first-order chi connectivity index (χ1) is 8.97. The Hall–Kier alpha value is -1.29. The lowest BCUT2D eigenvalue weighted by atomic mass is 9.90. The number of aryl methyl sites for hydroxylation is 1. The van der Waals surface area contributed by atoms with Gasteiger partial charge in [-0.25, -0.2) is 0 Å². The van der Waals surface area contributed by atoms with E-state index < -0.39 is 0 Å². The van der Waals surface area contributed by atoms with Gasteiger partial charge in [-0.15, -0.1) is 0 Å². The van der Waals surface area contributed by atoms with E-state index in [1.807, 2.05) is 19.1 Å². The van der Waals surface area contributed by atoms with Crippen molar-refractivity contribution in [2.75, 3.05) is 13.1 Å². The van der Waals surface area contributed by atoms with E-state index in [9.17, 15) is 4.79 Å². The topological polar surface area (TPSA) is 54.3 Å². The maximum Gasteiger partial charge on any atom is 0.221 e. The van der Waals surface area contributed by atoms with Crippen LogP contribution >= 0.6 is 0 Å². The number of nitrogens with one attached hydrogen (secondary N) is 2. The molecule has 1 saturated heterocycles. The summed E-state index contributed by atoms with van der Waals surface area (Å²) in [7, 11) is 0. The van der Waals surface area contributed by atoms with Crippen LogP contribution in [-0.4, -0.2) is 25.0 Å². The molecule has 0 radical (unpaired) electrons. The summed E-state index contributed by atoms with van der Waals surface area (Å²) in [6.07, 6.45) is 2.86. The minimum atomic E-state index is -0.174. The largest absolute Gasteiger partial charge is 0.466 e. The lowest BCUT2D eigenvalue weighted by Crippen LogP contribution is -2.39. The van der Waals surface area contributed by atoms with E-state index in [4.69, 9.17) is 4.42 Å². The van der Waals surface area contributed by atoms with Gasteiger partial charge in [-0.3, -0.25) is 4.79 Å². The zero-order valence-electron chi connectivity index (χ0n) is 12.1. The molecule has 4 nitrogen and oxygen atoms in total. The molecule has 0 aliphatic carbocycles. The van der Waals surface area contributed by atoms with Gasteiger partial charge in [0, 0.05) is 24.4 Å². The molecule has 1 aromatic rings. The van der Waals surface area contributed by atoms with E-state index in [0.29, 0.717) is 19.0 Å². The number of hydrogen-bond donors (Lipinski definition) is 2. The van der Waals surface area contributed by atoms with Crippen LogP contribution < -0.4 is 10.6 Å². The van der Waals surface area contributed by atoms with Crippen LogP contribution in [0.2, 0.25) is 0 Å². The molecule has 106 valence electrons. The molecule has 1 aliphatic heterocycles. The van der Waals surface area contributed by atoms with Gasteiger partial charge in [-0.05, 0) is 38.4 Å². The molecule has 1 aromatic heterocycles. The molecule has 0 bridgehead atoms. The molecule has 1 unspecified atom stereocenters. The smallest absolute Gasteiger partial charge is 0.221 e. The van der Waals surface area contributed by atoms with Gasteiger partial charge in [0.15, 0.2) is 0 Å². The Morgan fingerprint density at radius 2 is 2.32 bits per heavy atom. The predicted octanol–water partition coefficient (Wildman–Crippen LogP) is 2.12. The van der Waals surface area contributed by atoms with Crippen LogP contribution in [0, 0.1) is 6.92 Å². The number of carbonyl (C=O) groups is 1. The first kappa shape index (κ1) is 14.1. The monoisotopic (exact) mass is 264 g/mol. The number of rotatable bonds is 5. The fourth-order valence-corrected chi connectivity index (χ4v) is 2.43. The highest BCUT2D eigenvalue weighted by Crippen LogP contribution is 2.24. The minimum Gasteiger partial charge on any atom is -0.466 e. The minimum absolute atomic E-state index is 0.121. The summed E-state index contributed by atoms with van der Waals surface area (Å²) in [5.41, 5.74) is -0.174. The highest BCUT2D eigenvalue weighted by atomic mass is 16.3. The molecule has 0 saturated carbocycles. The van der Waals surface area contributed by atoms with Crippen LogP contribution in [0.4, 0.5) is 0 Å². The SMILES string of the molecule is Cc1ccc(C(C)(C)CNC(=O)CC2CCCN2)o1. The maximum absolute atomic E-state index is 11.9. The third-order valence-electron chi connectivity index (χ3n) is 3.73. The fourth-order valence-electron chi connectivity index (χ4n) is 2.43. The molecule has 1 atom stereocenters. The standard InChI is InChI=1S/C15H24N2O2/c1-11-6-7-13(19-11)15(2,3)10-17-14(18)9-12-5-4-8-16-12/h6-7,12,16H,4-5,8-10H2,1-3H3,(H,17,18). The van der Waals surface area contributed by atoms with Crippen molar-refractivity contribution in [3.05, 3.63) is 23.7 Å².